The molecule has 0 aromatic heterocycles. The zero-order valence-corrected chi connectivity index (χ0v) is 13.9. The van der Waals surface area contributed by atoms with Crippen molar-refractivity contribution in [2.24, 2.45) is 11.7 Å². The highest BCUT2D eigenvalue weighted by molar-refractivity contribution is 5.82. The summed E-state index contributed by atoms with van der Waals surface area (Å²) in [7, 11) is 0. The lowest BCUT2D eigenvalue weighted by atomic mass is 9.85. The van der Waals surface area contributed by atoms with Gasteiger partial charge in [0.15, 0.2) is 0 Å². The van der Waals surface area contributed by atoms with Crippen molar-refractivity contribution in [1.82, 2.24) is 5.43 Å². The standard InChI is InChI=1S/C18H29N3O2/c1-13-7-10-15(11-8-13)20-21-18(23)17(22)16(19)12-9-14-5-3-2-4-6-14/h7-8,10-11,14,16-17,20,22H,2-6,9,12,19H2,1H3,(H,21,23)/t16-,17?/m1/s1. The first-order valence-corrected chi connectivity index (χ1v) is 8.62. The Kier molecular flexibility index (Phi) is 6.86. The number of nitrogens with two attached hydrogens (primary N) is 1. The Morgan fingerprint density at radius 1 is 1.26 bits per heavy atom. The van der Waals surface area contributed by atoms with Crippen LogP contribution < -0.4 is 16.6 Å². The minimum atomic E-state index is -1.18. The van der Waals surface area contributed by atoms with Gasteiger partial charge in [-0.25, -0.2) is 0 Å². The van der Waals surface area contributed by atoms with E-state index in [1.807, 2.05) is 31.2 Å². The van der Waals surface area contributed by atoms with E-state index in [-0.39, 0.29) is 0 Å². The quantitative estimate of drug-likeness (QED) is 0.582. The molecule has 128 valence electrons. The molecule has 5 nitrogen and oxygen atoms in total. The molecule has 2 atom stereocenters. The first kappa shape index (κ1) is 17.8. The fourth-order valence-electron chi connectivity index (χ4n) is 3.10. The van der Waals surface area contributed by atoms with Gasteiger partial charge in [0.25, 0.3) is 5.91 Å². The second kappa shape index (κ2) is 8.89. The van der Waals surface area contributed by atoms with Gasteiger partial charge >= 0.3 is 0 Å². The maximum Gasteiger partial charge on any atom is 0.268 e. The number of hydrogen-bond donors (Lipinski definition) is 4. The number of carbonyl (C=O) groups excluding carboxylic acids is 1. The van der Waals surface area contributed by atoms with Gasteiger partial charge in [0.05, 0.1) is 5.69 Å². The molecule has 2 rings (SSSR count). The molecule has 1 aliphatic carbocycles. The smallest absolute Gasteiger partial charge is 0.268 e. The largest absolute Gasteiger partial charge is 0.382 e. The molecular formula is C18H29N3O2. The Labute approximate surface area is 138 Å². The molecule has 23 heavy (non-hydrogen) atoms. The van der Waals surface area contributed by atoms with Crippen LogP contribution in [-0.4, -0.2) is 23.2 Å². The number of hydrazine groups is 1. The van der Waals surface area contributed by atoms with Crippen molar-refractivity contribution < 1.29 is 9.90 Å². The molecule has 1 aliphatic rings. The minimum Gasteiger partial charge on any atom is -0.382 e. The average Bonchev–Trinajstić information content (AvgIpc) is 2.59. The van der Waals surface area contributed by atoms with Gasteiger partial charge < -0.3 is 10.8 Å². The molecule has 1 unspecified atom stereocenters. The van der Waals surface area contributed by atoms with E-state index in [4.69, 9.17) is 5.73 Å². The summed E-state index contributed by atoms with van der Waals surface area (Å²) in [5, 5.41) is 10.1. The molecule has 1 amide bonds. The number of benzene rings is 1. The summed E-state index contributed by atoms with van der Waals surface area (Å²) in [5.74, 6) is 0.220. The van der Waals surface area contributed by atoms with Crippen molar-refractivity contribution in [3.05, 3.63) is 29.8 Å². The summed E-state index contributed by atoms with van der Waals surface area (Å²) >= 11 is 0. The lowest BCUT2D eigenvalue weighted by molar-refractivity contribution is -0.129. The van der Waals surface area contributed by atoms with Crippen LogP contribution in [0.1, 0.15) is 50.5 Å². The molecule has 0 aliphatic heterocycles. The summed E-state index contributed by atoms with van der Waals surface area (Å²) in [5.41, 5.74) is 13.2. The van der Waals surface area contributed by atoms with E-state index < -0.39 is 18.1 Å². The molecule has 5 N–H and O–H groups in total. The lowest BCUT2D eigenvalue weighted by Gasteiger charge is -2.24. The van der Waals surface area contributed by atoms with E-state index in [1.165, 1.54) is 32.1 Å². The van der Waals surface area contributed by atoms with Crippen LogP contribution in [0.5, 0.6) is 0 Å². The summed E-state index contributed by atoms with van der Waals surface area (Å²) < 4.78 is 0. The predicted octanol–water partition coefficient (Wildman–Crippen LogP) is 2.49. The number of aliphatic hydroxyl groups excluding tert-OH is 1. The van der Waals surface area contributed by atoms with E-state index in [2.05, 4.69) is 10.9 Å². The Balaban J connectivity index is 1.71. The zero-order chi connectivity index (χ0) is 16.7. The number of rotatable bonds is 7. The molecular weight excluding hydrogens is 290 g/mol. The summed E-state index contributed by atoms with van der Waals surface area (Å²) in [4.78, 5) is 12.0. The number of carbonyl (C=O) groups is 1. The van der Waals surface area contributed by atoms with E-state index in [9.17, 15) is 9.90 Å². The van der Waals surface area contributed by atoms with E-state index in [1.54, 1.807) is 0 Å². The van der Waals surface area contributed by atoms with Crippen LogP contribution in [-0.2, 0) is 4.79 Å². The molecule has 0 bridgehead atoms. The second-order valence-corrected chi connectivity index (χ2v) is 6.67. The van der Waals surface area contributed by atoms with Gasteiger partial charge in [-0.1, -0.05) is 49.8 Å². The fourth-order valence-corrected chi connectivity index (χ4v) is 3.10. The van der Waals surface area contributed by atoms with Crippen LogP contribution in [0.4, 0.5) is 5.69 Å². The van der Waals surface area contributed by atoms with Crippen LogP contribution >= 0.6 is 0 Å². The number of hydrogen-bond acceptors (Lipinski definition) is 4. The van der Waals surface area contributed by atoms with Crippen molar-refractivity contribution in [1.29, 1.82) is 0 Å². The van der Waals surface area contributed by atoms with Gasteiger partial charge in [0, 0.05) is 6.04 Å². The van der Waals surface area contributed by atoms with Crippen molar-refractivity contribution in [3.63, 3.8) is 0 Å². The van der Waals surface area contributed by atoms with E-state index in [0.717, 1.165) is 17.7 Å². The first-order chi connectivity index (χ1) is 11.1. The third-order valence-corrected chi connectivity index (χ3v) is 4.69. The molecule has 1 saturated carbocycles. The third kappa shape index (κ3) is 5.84. The molecule has 1 fully saturated rings. The average molecular weight is 319 g/mol. The maximum absolute atomic E-state index is 12.0. The van der Waals surface area contributed by atoms with Crippen molar-refractivity contribution in [3.8, 4) is 0 Å². The fraction of sp³-hybridized carbons (Fsp3) is 0.611. The van der Waals surface area contributed by atoms with Crippen molar-refractivity contribution in [2.45, 2.75) is 64.0 Å². The van der Waals surface area contributed by atoms with Crippen LogP contribution in [0.2, 0.25) is 0 Å². The second-order valence-electron chi connectivity index (χ2n) is 6.67. The zero-order valence-electron chi connectivity index (χ0n) is 13.9. The molecule has 1 aromatic rings. The molecule has 0 radical (unpaired) electrons. The molecule has 5 heteroatoms. The lowest BCUT2D eigenvalue weighted by Crippen LogP contribution is -2.48. The highest BCUT2D eigenvalue weighted by Gasteiger charge is 2.24. The highest BCUT2D eigenvalue weighted by Crippen LogP contribution is 2.27. The Morgan fingerprint density at radius 3 is 2.57 bits per heavy atom. The van der Waals surface area contributed by atoms with Crippen LogP contribution in [0.3, 0.4) is 0 Å². The van der Waals surface area contributed by atoms with Gasteiger partial charge in [-0.2, -0.15) is 0 Å². The van der Waals surface area contributed by atoms with Crippen LogP contribution in [0, 0.1) is 12.8 Å². The summed E-state index contributed by atoms with van der Waals surface area (Å²) in [6.07, 6.45) is 6.93. The summed E-state index contributed by atoms with van der Waals surface area (Å²) in [6, 6.07) is 7.11. The Hall–Kier alpha value is -1.59. The topological polar surface area (TPSA) is 87.4 Å². The number of aryl methyl sites for hydroxylation is 1. The number of nitrogens with one attached hydrogen (secondary N) is 2. The van der Waals surface area contributed by atoms with Gasteiger partial charge in [0.2, 0.25) is 0 Å². The number of anilines is 1. The Bertz CT molecular complexity index is 484. The molecule has 0 saturated heterocycles. The SMILES string of the molecule is Cc1ccc(NNC(=O)C(O)[C@H](N)CCC2CCCCC2)cc1. The predicted molar refractivity (Wildman–Crippen MR) is 92.7 cm³/mol. The Morgan fingerprint density at radius 2 is 1.91 bits per heavy atom. The van der Waals surface area contributed by atoms with Crippen LogP contribution in [0.15, 0.2) is 24.3 Å². The van der Waals surface area contributed by atoms with Crippen LogP contribution in [0.25, 0.3) is 0 Å². The van der Waals surface area contributed by atoms with Gasteiger partial charge in [0.1, 0.15) is 6.10 Å². The normalized spacial score (nSPS) is 18.2. The minimum absolute atomic E-state index is 0.485. The van der Waals surface area contributed by atoms with E-state index in [0.29, 0.717) is 12.3 Å². The van der Waals surface area contributed by atoms with Gasteiger partial charge in [-0.3, -0.25) is 15.6 Å². The molecule has 1 aromatic carbocycles. The highest BCUT2D eigenvalue weighted by atomic mass is 16.3. The monoisotopic (exact) mass is 319 g/mol. The third-order valence-electron chi connectivity index (χ3n) is 4.69. The number of amides is 1. The van der Waals surface area contributed by atoms with E-state index >= 15 is 0 Å². The van der Waals surface area contributed by atoms with Crippen molar-refractivity contribution >= 4 is 11.6 Å². The number of aliphatic hydroxyl groups is 1. The first-order valence-electron chi connectivity index (χ1n) is 8.62. The molecule has 0 spiro atoms. The maximum atomic E-state index is 12.0. The van der Waals surface area contributed by atoms with Gasteiger partial charge in [-0.15, -0.1) is 0 Å². The molecule has 0 heterocycles. The van der Waals surface area contributed by atoms with Crippen molar-refractivity contribution in [2.75, 3.05) is 5.43 Å². The van der Waals surface area contributed by atoms with Gasteiger partial charge in [-0.05, 0) is 37.8 Å². The summed E-state index contributed by atoms with van der Waals surface area (Å²) in [6.45, 7) is 2.00.